The standard InChI is InChI=1S/C32H54O4/c1-19(2)11-10-12-20(3)22-13-16-31(9)30(22,8)18-23(34)27-29(7)15-14-25(35-21(4)33)28(5,6)24(29)17-26-32(27,31)36-26/h19-20,22-27,34H,10-18H2,1-9H3. The van der Waals surface area contributed by atoms with E-state index < -0.39 is 0 Å². The zero-order valence-corrected chi connectivity index (χ0v) is 24.7. The van der Waals surface area contributed by atoms with Crippen LogP contribution >= 0.6 is 0 Å². The first kappa shape index (κ1) is 27.0. The van der Waals surface area contributed by atoms with Crippen LogP contribution < -0.4 is 0 Å². The van der Waals surface area contributed by atoms with Gasteiger partial charge in [-0.15, -0.1) is 0 Å². The van der Waals surface area contributed by atoms with E-state index in [0.29, 0.717) is 17.8 Å². The molecule has 5 fully saturated rings. The molecule has 11 atom stereocenters. The van der Waals surface area contributed by atoms with Crippen LogP contribution in [0.15, 0.2) is 0 Å². The van der Waals surface area contributed by atoms with Gasteiger partial charge < -0.3 is 14.6 Å². The molecule has 5 rings (SSSR count). The maximum atomic E-state index is 12.1. The van der Waals surface area contributed by atoms with Crippen LogP contribution in [-0.4, -0.2) is 35.0 Å². The first-order valence-electron chi connectivity index (χ1n) is 15.2. The fourth-order valence-electron chi connectivity index (χ4n) is 11.4. The molecule has 0 aromatic rings. The van der Waals surface area contributed by atoms with Crippen molar-refractivity contribution in [2.45, 2.75) is 144 Å². The van der Waals surface area contributed by atoms with Gasteiger partial charge in [0.15, 0.2) is 0 Å². The quantitative estimate of drug-likeness (QED) is 0.309. The topological polar surface area (TPSA) is 59.1 Å². The lowest BCUT2D eigenvalue weighted by Crippen LogP contribution is -2.70. The molecule has 0 aromatic heterocycles. The number of carbonyl (C=O) groups is 1. The zero-order valence-electron chi connectivity index (χ0n) is 24.7. The number of carbonyl (C=O) groups excluding carboxylic acids is 1. The van der Waals surface area contributed by atoms with Gasteiger partial charge in [0.25, 0.3) is 0 Å². The molecule has 1 saturated heterocycles. The minimum atomic E-state index is -0.328. The van der Waals surface area contributed by atoms with E-state index in [1.54, 1.807) is 0 Å². The molecule has 0 bridgehead atoms. The fraction of sp³-hybridized carbons (Fsp3) is 0.969. The zero-order chi connectivity index (χ0) is 26.5. The number of hydrogen-bond acceptors (Lipinski definition) is 4. The second-order valence-corrected chi connectivity index (χ2v) is 15.6. The fourth-order valence-corrected chi connectivity index (χ4v) is 11.4. The van der Waals surface area contributed by atoms with Crippen LogP contribution in [0.25, 0.3) is 0 Å². The Morgan fingerprint density at radius 1 is 1.06 bits per heavy atom. The van der Waals surface area contributed by atoms with E-state index >= 15 is 0 Å². The minimum absolute atomic E-state index is 0.00211. The predicted molar refractivity (Wildman–Crippen MR) is 143 cm³/mol. The summed E-state index contributed by atoms with van der Waals surface area (Å²) in [5.74, 6) is 2.49. The van der Waals surface area contributed by atoms with Crippen LogP contribution in [0.3, 0.4) is 0 Å². The third-order valence-electron chi connectivity index (χ3n) is 13.2. The third-order valence-corrected chi connectivity index (χ3v) is 13.2. The van der Waals surface area contributed by atoms with Crippen LogP contribution in [0.5, 0.6) is 0 Å². The number of epoxide rings is 1. The summed E-state index contributed by atoms with van der Waals surface area (Å²) < 4.78 is 12.8. The van der Waals surface area contributed by atoms with Crippen LogP contribution in [-0.2, 0) is 14.3 Å². The molecule has 0 radical (unpaired) electrons. The molecular weight excluding hydrogens is 448 g/mol. The molecule has 1 aliphatic heterocycles. The Hall–Kier alpha value is -0.610. The molecule has 1 N–H and O–H groups in total. The van der Waals surface area contributed by atoms with E-state index in [0.717, 1.165) is 31.6 Å². The minimum Gasteiger partial charge on any atom is -0.462 e. The first-order valence-corrected chi connectivity index (χ1v) is 15.2. The molecule has 11 unspecified atom stereocenters. The number of hydrogen-bond donors (Lipinski definition) is 1. The second kappa shape index (κ2) is 8.44. The van der Waals surface area contributed by atoms with E-state index in [2.05, 4.69) is 55.4 Å². The Labute approximate surface area is 220 Å². The van der Waals surface area contributed by atoms with Crippen LogP contribution in [0, 0.1) is 51.2 Å². The number of aliphatic hydroxyl groups excluding tert-OH is 1. The monoisotopic (exact) mass is 502 g/mol. The van der Waals surface area contributed by atoms with Crippen LogP contribution in [0.1, 0.15) is 120 Å². The Kier molecular flexibility index (Phi) is 6.33. The Morgan fingerprint density at radius 3 is 2.39 bits per heavy atom. The molecule has 1 spiro atoms. The Balaban J connectivity index is 1.45. The maximum Gasteiger partial charge on any atom is 0.302 e. The summed E-state index contributed by atoms with van der Waals surface area (Å²) in [7, 11) is 0. The summed E-state index contributed by atoms with van der Waals surface area (Å²) in [6.07, 6.45) is 10.1. The third kappa shape index (κ3) is 3.41. The van der Waals surface area contributed by atoms with E-state index in [1.807, 2.05) is 0 Å². The molecule has 0 aromatic carbocycles. The highest BCUT2D eigenvalue weighted by Crippen LogP contribution is 2.81. The summed E-state index contributed by atoms with van der Waals surface area (Å²) >= 11 is 0. The maximum absolute atomic E-state index is 12.1. The van der Waals surface area contributed by atoms with Gasteiger partial charge in [0.1, 0.15) is 11.7 Å². The lowest BCUT2D eigenvalue weighted by molar-refractivity contribution is -0.228. The van der Waals surface area contributed by atoms with Gasteiger partial charge in [-0.25, -0.2) is 0 Å². The summed E-state index contributed by atoms with van der Waals surface area (Å²) in [4.78, 5) is 11.9. The summed E-state index contributed by atoms with van der Waals surface area (Å²) in [6, 6.07) is 0. The van der Waals surface area contributed by atoms with Gasteiger partial charge in [0.2, 0.25) is 0 Å². The van der Waals surface area contributed by atoms with Gasteiger partial charge in [-0.2, -0.15) is 0 Å². The van der Waals surface area contributed by atoms with E-state index in [1.165, 1.54) is 39.0 Å². The second-order valence-electron chi connectivity index (χ2n) is 15.6. The van der Waals surface area contributed by atoms with Crippen molar-refractivity contribution in [3.8, 4) is 0 Å². The molecule has 4 nitrogen and oxygen atoms in total. The van der Waals surface area contributed by atoms with Gasteiger partial charge in [-0.3, -0.25) is 4.79 Å². The van der Waals surface area contributed by atoms with Crippen molar-refractivity contribution in [1.29, 1.82) is 0 Å². The predicted octanol–water partition coefficient (Wildman–Crippen LogP) is 7.17. The molecule has 0 amide bonds. The van der Waals surface area contributed by atoms with Gasteiger partial charge in [0, 0.05) is 23.7 Å². The number of aliphatic hydroxyl groups is 1. The van der Waals surface area contributed by atoms with Crippen molar-refractivity contribution in [2.75, 3.05) is 0 Å². The van der Waals surface area contributed by atoms with E-state index in [-0.39, 0.29) is 57.5 Å². The number of esters is 1. The largest absolute Gasteiger partial charge is 0.462 e. The van der Waals surface area contributed by atoms with Gasteiger partial charge in [-0.05, 0) is 73.0 Å². The highest BCUT2D eigenvalue weighted by Gasteiger charge is 2.85. The van der Waals surface area contributed by atoms with Gasteiger partial charge >= 0.3 is 5.97 Å². The lowest BCUT2D eigenvalue weighted by atomic mass is 9.37. The van der Waals surface area contributed by atoms with E-state index in [9.17, 15) is 9.90 Å². The number of ether oxygens (including phenoxy) is 2. The Morgan fingerprint density at radius 2 is 1.75 bits per heavy atom. The smallest absolute Gasteiger partial charge is 0.302 e. The van der Waals surface area contributed by atoms with Crippen molar-refractivity contribution >= 4 is 5.97 Å². The van der Waals surface area contributed by atoms with E-state index in [4.69, 9.17) is 9.47 Å². The van der Waals surface area contributed by atoms with Crippen LogP contribution in [0.4, 0.5) is 0 Å². The highest BCUT2D eigenvalue weighted by atomic mass is 16.6. The summed E-state index contributed by atoms with van der Waals surface area (Å²) in [5.41, 5.74) is -0.0977. The van der Waals surface area contributed by atoms with Gasteiger partial charge in [-0.1, -0.05) is 74.7 Å². The molecule has 4 saturated carbocycles. The first-order chi connectivity index (χ1) is 16.6. The van der Waals surface area contributed by atoms with Gasteiger partial charge in [0.05, 0.1) is 12.2 Å². The average Bonchev–Trinajstić information content (AvgIpc) is 3.41. The Bertz CT molecular complexity index is 881. The molecule has 4 aliphatic carbocycles. The summed E-state index contributed by atoms with van der Waals surface area (Å²) in [5, 5.41) is 12.1. The molecule has 5 aliphatic rings. The van der Waals surface area contributed by atoms with Crippen molar-refractivity contribution in [2.24, 2.45) is 51.2 Å². The normalized spacial score (nSPS) is 51.5. The lowest BCUT2D eigenvalue weighted by Gasteiger charge is -2.67. The summed E-state index contributed by atoms with van der Waals surface area (Å²) in [6.45, 7) is 20.8. The molecular formula is C32H54O4. The number of fused-ring (bicyclic) bond motifs is 3. The SMILES string of the molecule is CC(=O)OC1CCC2(C)C(CC3OC34C2C(O)CC2(C)C(C(C)CCCC(C)C)CCC24C)C1(C)C. The van der Waals surface area contributed by atoms with Crippen molar-refractivity contribution in [3.63, 3.8) is 0 Å². The highest BCUT2D eigenvalue weighted by molar-refractivity contribution is 5.66. The number of rotatable bonds is 6. The van der Waals surface area contributed by atoms with Crippen molar-refractivity contribution < 1.29 is 19.4 Å². The molecule has 206 valence electrons. The van der Waals surface area contributed by atoms with Crippen molar-refractivity contribution in [1.82, 2.24) is 0 Å². The average molecular weight is 503 g/mol. The van der Waals surface area contributed by atoms with Crippen LogP contribution in [0.2, 0.25) is 0 Å². The van der Waals surface area contributed by atoms with Crippen molar-refractivity contribution in [3.05, 3.63) is 0 Å². The molecule has 36 heavy (non-hydrogen) atoms. The molecule has 1 heterocycles. The molecule has 4 heteroatoms.